The summed E-state index contributed by atoms with van der Waals surface area (Å²) in [6.07, 6.45) is 2.03. The minimum atomic E-state index is -0.403. The van der Waals surface area contributed by atoms with E-state index < -0.39 is 5.82 Å². The smallest absolute Gasteiger partial charge is 0.254 e. The summed E-state index contributed by atoms with van der Waals surface area (Å²) < 4.78 is 13.9. The molecular formula is C13H16BrFN2O. The molecule has 3 nitrogen and oxygen atoms in total. The number of nitrogens with two attached hydrogens (primary N) is 1. The average Bonchev–Trinajstić information content (AvgIpc) is 2.37. The molecular weight excluding hydrogens is 299 g/mol. The summed E-state index contributed by atoms with van der Waals surface area (Å²) in [4.78, 5) is 14.0. The first-order valence-electron chi connectivity index (χ1n) is 6.05. The van der Waals surface area contributed by atoms with Crippen molar-refractivity contribution in [1.29, 1.82) is 0 Å². The quantitative estimate of drug-likeness (QED) is 0.911. The highest BCUT2D eigenvalue weighted by atomic mass is 79.9. The minimum Gasteiger partial charge on any atom is -0.338 e. The molecule has 0 saturated carbocycles. The molecule has 1 saturated heterocycles. The molecule has 18 heavy (non-hydrogen) atoms. The summed E-state index contributed by atoms with van der Waals surface area (Å²) in [7, 11) is 0. The van der Waals surface area contributed by atoms with Crippen molar-refractivity contribution < 1.29 is 9.18 Å². The minimum absolute atomic E-state index is 0.117. The van der Waals surface area contributed by atoms with Crippen molar-refractivity contribution in [1.82, 2.24) is 4.90 Å². The van der Waals surface area contributed by atoms with Crippen LogP contribution in [0.2, 0.25) is 0 Å². The van der Waals surface area contributed by atoms with E-state index in [-0.39, 0.29) is 5.91 Å². The normalized spacial score (nSPS) is 19.9. The molecule has 1 amide bonds. The summed E-state index contributed by atoms with van der Waals surface area (Å²) in [5.74, 6) is -0.159. The Morgan fingerprint density at radius 3 is 2.94 bits per heavy atom. The highest BCUT2D eigenvalue weighted by Crippen LogP contribution is 2.20. The molecule has 1 fully saturated rings. The van der Waals surface area contributed by atoms with Crippen LogP contribution in [0.25, 0.3) is 0 Å². The molecule has 0 radical (unpaired) electrons. The number of amides is 1. The van der Waals surface area contributed by atoms with Crippen molar-refractivity contribution in [2.45, 2.75) is 12.8 Å². The van der Waals surface area contributed by atoms with E-state index in [1.54, 1.807) is 11.0 Å². The Balaban J connectivity index is 2.15. The number of hydrogen-bond donors (Lipinski definition) is 1. The van der Waals surface area contributed by atoms with Crippen LogP contribution < -0.4 is 5.73 Å². The number of likely N-dealkylation sites (tertiary alicyclic amines) is 1. The van der Waals surface area contributed by atoms with Crippen LogP contribution in [0.15, 0.2) is 22.7 Å². The third-order valence-electron chi connectivity index (χ3n) is 3.25. The molecule has 5 heteroatoms. The number of benzene rings is 1. The Labute approximate surface area is 114 Å². The van der Waals surface area contributed by atoms with Gasteiger partial charge in [-0.05, 0) is 43.5 Å². The van der Waals surface area contributed by atoms with Crippen LogP contribution in [-0.2, 0) is 0 Å². The first-order chi connectivity index (χ1) is 8.60. The molecule has 1 atom stereocenters. The van der Waals surface area contributed by atoms with Crippen LogP contribution in [0.4, 0.5) is 4.39 Å². The number of carbonyl (C=O) groups is 1. The summed E-state index contributed by atoms with van der Waals surface area (Å²) in [5.41, 5.74) is 6.04. The first kappa shape index (κ1) is 13.5. The van der Waals surface area contributed by atoms with Crippen LogP contribution in [-0.4, -0.2) is 30.4 Å². The molecule has 1 unspecified atom stereocenters. The summed E-state index contributed by atoms with van der Waals surface area (Å²) in [5, 5.41) is 0. The van der Waals surface area contributed by atoms with Crippen molar-refractivity contribution in [3.63, 3.8) is 0 Å². The predicted octanol–water partition coefficient (Wildman–Crippen LogP) is 2.40. The van der Waals surface area contributed by atoms with Gasteiger partial charge in [0.05, 0.1) is 0 Å². The molecule has 0 aromatic heterocycles. The molecule has 1 aliphatic heterocycles. The van der Waals surface area contributed by atoms with E-state index in [9.17, 15) is 9.18 Å². The summed E-state index contributed by atoms with van der Waals surface area (Å²) in [6, 6.07) is 4.27. The Hall–Kier alpha value is -0.940. The number of halogens is 2. The van der Waals surface area contributed by atoms with E-state index in [1.165, 1.54) is 12.1 Å². The largest absolute Gasteiger partial charge is 0.338 e. The van der Waals surface area contributed by atoms with Crippen LogP contribution >= 0.6 is 15.9 Å². The van der Waals surface area contributed by atoms with E-state index in [1.807, 2.05) is 0 Å². The third kappa shape index (κ3) is 3.09. The second-order valence-corrected chi connectivity index (χ2v) is 5.57. The maximum atomic E-state index is 13.3. The second-order valence-electron chi connectivity index (χ2n) is 4.65. The number of rotatable bonds is 2. The molecule has 0 aliphatic carbocycles. The van der Waals surface area contributed by atoms with Crippen molar-refractivity contribution in [2.24, 2.45) is 11.7 Å². The van der Waals surface area contributed by atoms with Gasteiger partial charge in [0, 0.05) is 23.1 Å². The fraction of sp³-hybridized carbons (Fsp3) is 0.462. The van der Waals surface area contributed by atoms with Crippen LogP contribution in [0.1, 0.15) is 23.2 Å². The molecule has 2 N–H and O–H groups in total. The zero-order valence-corrected chi connectivity index (χ0v) is 11.6. The lowest BCUT2D eigenvalue weighted by Gasteiger charge is -2.32. The van der Waals surface area contributed by atoms with Gasteiger partial charge in [-0.3, -0.25) is 4.79 Å². The molecule has 2 rings (SSSR count). The predicted molar refractivity (Wildman–Crippen MR) is 71.8 cm³/mol. The molecule has 0 spiro atoms. The standard InChI is InChI=1S/C13H16BrFN2O/c14-11-4-10(5-12(15)6-11)13(18)17-3-1-2-9(7-16)8-17/h4-6,9H,1-3,7-8,16H2. The lowest BCUT2D eigenvalue weighted by atomic mass is 9.97. The average molecular weight is 315 g/mol. The number of hydrogen-bond acceptors (Lipinski definition) is 2. The highest BCUT2D eigenvalue weighted by Gasteiger charge is 2.24. The number of nitrogens with zero attached hydrogens (tertiary/aromatic N) is 1. The molecule has 0 bridgehead atoms. The van der Waals surface area contributed by atoms with E-state index in [0.717, 1.165) is 19.4 Å². The van der Waals surface area contributed by atoms with E-state index in [2.05, 4.69) is 15.9 Å². The molecule has 1 aliphatic rings. The van der Waals surface area contributed by atoms with Gasteiger partial charge in [0.15, 0.2) is 0 Å². The molecule has 1 heterocycles. The monoisotopic (exact) mass is 314 g/mol. The zero-order valence-electron chi connectivity index (χ0n) is 10.0. The highest BCUT2D eigenvalue weighted by molar-refractivity contribution is 9.10. The van der Waals surface area contributed by atoms with E-state index in [4.69, 9.17) is 5.73 Å². The molecule has 98 valence electrons. The molecule has 1 aromatic carbocycles. The van der Waals surface area contributed by atoms with Crippen LogP contribution in [0, 0.1) is 11.7 Å². The topological polar surface area (TPSA) is 46.3 Å². The fourth-order valence-electron chi connectivity index (χ4n) is 2.30. The SMILES string of the molecule is NCC1CCCN(C(=O)c2cc(F)cc(Br)c2)C1. The van der Waals surface area contributed by atoms with Gasteiger partial charge in [-0.2, -0.15) is 0 Å². The lowest BCUT2D eigenvalue weighted by Crippen LogP contribution is -2.42. The Kier molecular flexibility index (Phi) is 4.35. The summed E-state index contributed by atoms with van der Waals surface area (Å²) >= 11 is 3.20. The van der Waals surface area contributed by atoms with Crippen LogP contribution in [0.3, 0.4) is 0 Å². The Morgan fingerprint density at radius 2 is 2.28 bits per heavy atom. The number of piperidine rings is 1. The van der Waals surface area contributed by atoms with Crippen LogP contribution in [0.5, 0.6) is 0 Å². The maximum absolute atomic E-state index is 13.3. The van der Waals surface area contributed by atoms with Gasteiger partial charge in [-0.25, -0.2) is 4.39 Å². The second kappa shape index (κ2) is 5.80. The zero-order chi connectivity index (χ0) is 13.1. The third-order valence-corrected chi connectivity index (χ3v) is 3.71. The van der Waals surface area contributed by atoms with Crippen molar-refractivity contribution in [3.05, 3.63) is 34.1 Å². The molecule has 1 aromatic rings. The van der Waals surface area contributed by atoms with E-state index in [0.29, 0.717) is 29.0 Å². The summed E-state index contributed by atoms with van der Waals surface area (Å²) in [6.45, 7) is 1.99. The van der Waals surface area contributed by atoms with Gasteiger partial charge < -0.3 is 10.6 Å². The van der Waals surface area contributed by atoms with Gasteiger partial charge in [0.25, 0.3) is 5.91 Å². The van der Waals surface area contributed by atoms with Gasteiger partial charge in [0.2, 0.25) is 0 Å². The Morgan fingerprint density at radius 1 is 1.50 bits per heavy atom. The van der Waals surface area contributed by atoms with Gasteiger partial charge in [-0.1, -0.05) is 15.9 Å². The van der Waals surface area contributed by atoms with Crippen molar-refractivity contribution >= 4 is 21.8 Å². The lowest BCUT2D eigenvalue weighted by molar-refractivity contribution is 0.0677. The van der Waals surface area contributed by atoms with Gasteiger partial charge in [0.1, 0.15) is 5.82 Å². The van der Waals surface area contributed by atoms with Gasteiger partial charge in [-0.15, -0.1) is 0 Å². The van der Waals surface area contributed by atoms with Crippen molar-refractivity contribution in [2.75, 3.05) is 19.6 Å². The van der Waals surface area contributed by atoms with E-state index >= 15 is 0 Å². The number of carbonyl (C=O) groups excluding carboxylic acids is 1. The first-order valence-corrected chi connectivity index (χ1v) is 6.85. The van der Waals surface area contributed by atoms with Crippen molar-refractivity contribution in [3.8, 4) is 0 Å². The maximum Gasteiger partial charge on any atom is 0.254 e. The van der Waals surface area contributed by atoms with Gasteiger partial charge >= 0.3 is 0 Å². The Bertz CT molecular complexity index is 432. The fourth-order valence-corrected chi connectivity index (χ4v) is 2.77.